The van der Waals surface area contributed by atoms with Gasteiger partial charge in [0, 0.05) is 12.5 Å². The SMILES string of the molecule is NC(O)C1C(CO)CC(=O)OC1N. The molecule has 1 heterocycles. The Morgan fingerprint density at radius 3 is 2.77 bits per heavy atom. The van der Waals surface area contributed by atoms with Gasteiger partial charge in [-0.1, -0.05) is 0 Å². The van der Waals surface area contributed by atoms with Crippen LogP contribution in [0, 0.1) is 11.8 Å². The fourth-order valence-corrected chi connectivity index (χ4v) is 1.56. The normalized spacial score (nSPS) is 36.9. The molecule has 6 N–H and O–H groups in total. The predicted molar refractivity (Wildman–Crippen MR) is 42.9 cm³/mol. The second-order valence-electron chi connectivity index (χ2n) is 3.17. The molecule has 4 atom stereocenters. The van der Waals surface area contributed by atoms with Gasteiger partial charge in [0.1, 0.15) is 6.23 Å². The lowest BCUT2D eigenvalue weighted by atomic mass is 9.85. The Kier molecular flexibility index (Phi) is 3.21. The van der Waals surface area contributed by atoms with Crippen LogP contribution in [0.15, 0.2) is 0 Å². The molecule has 0 aromatic rings. The van der Waals surface area contributed by atoms with Crippen molar-refractivity contribution in [3.8, 4) is 0 Å². The third-order valence-corrected chi connectivity index (χ3v) is 2.25. The standard InChI is InChI=1S/C7H14N2O4/c8-6(12)5-3(2-10)1-4(11)13-7(5)9/h3,5-7,10,12H,1-2,8-9H2. The minimum absolute atomic E-state index is 0.0448. The quantitative estimate of drug-likeness (QED) is 0.288. The molecule has 13 heavy (non-hydrogen) atoms. The van der Waals surface area contributed by atoms with Crippen molar-refractivity contribution >= 4 is 5.97 Å². The van der Waals surface area contributed by atoms with Crippen LogP contribution in [0.3, 0.4) is 0 Å². The summed E-state index contributed by atoms with van der Waals surface area (Å²) in [4.78, 5) is 10.9. The molecule has 1 fully saturated rings. The summed E-state index contributed by atoms with van der Waals surface area (Å²) < 4.78 is 4.68. The van der Waals surface area contributed by atoms with Crippen LogP contribution in [-0.4, -0.2) is 35.2 Å². The highest BCUT2D eigenvalue weighted by molar-refractivity contribution is 5.70. The zero-order valence-corrected chi connectivity index (χ0v) is 7.09. The van der Waals surface area contributed by atoms with E-state index in [1.807, 2.05) is 0 Å². The van der Waals surface area contributed by atoms with E-state index in [0.29, 0.717) is 0 Å². The summed E-state index contributed by atoms with van der Waals surface area (Å²) in [5.74, 6) is -1.48. The zero-order chi connectivity index (χ0) is 10.0. The first kappa shape index (κ1) is 10.4. The number of nitrogens with two attached hydrogens (primary N) is 2. The van der Waals surface area contributed by atoms with E-state index in [1.165, 1.54) is 0 Å². The summed E-state index contributed by atoms with van der Waals surface area (Å²) in [5, 5.41) is 18.0. The van der Waals surface area contributed by atoms with Crippen LogP contribution in [0.1, 0.15) is 6.42 Å². The molecule has 0 saturated carbocycles. The molecule has 6 nitrogen and oxygen atoms in total. The van der Waals surface area contributed by atoms with E-state index < -0.39 is 30.3 Å². The molecule has 1 aliphatic heterocycles. The first-order valence-corrected chi connectivity index (χ1v) is 4.06. The summed E-state index contributed by atoms with van der Waals surface area (Å²) >= 11 is 0. The van der Waals surface area contributed by atoms with Gasteiger partial charge in [-0.25, -0.2) is 0 Å². The lowest BCUT2D eigenvalue weighted by molar-refractivity contribution is -0.170. The zero-order valence-electron chi connectivity index (χ0n) is 7.09. The van der Waals surface area contributed by atoms with E-state index in [4.69, 9.17) is 21.7 Å². The van der Waals surface area contributed by atoms with Crippen molar-refractivity contribution in [2.75, 3.05) is 6.61 Å². The van der Waals surface area contributed by atoms with Gasteiger partial charge in [-0.2, -0.15) is 0 Å². The molecule has 0 aliphatic carbocycles. The Morgan fingerprint density at radius 1 is 1.69 bits per heavy atom. The highest BCUT2D eigenvalue weighted by Gasteiger charge is 2.39. The highest BCUT2D eigenvalue weighted by Crippen LogP contribution is 2.26. The van der Waals surface area contributed by atoms with Crippen LogP contribution in [0.2, 0.25) is 0 Å². The first-order chi connectivity index (χ1) is 6.06. The van der Waals surface area contributed by atoms with E-state index in [1.54, 1.807) is 0 Å². The third kappa shape index (κ3) is 2.16. The Bertz CT molecular complexity index is 197. The molecule has 76 valence electrons. The van der Waals surface area contributed by atoms with Crippen LogP contribution in [0.25, 0.3) is 0 Å². The molecular formula is C7H14N2O4. The second kappa shape index (κ2) is 4.01. The lowest BCUT2D eigenvalue weighted by Crippen LogP contribution is -2.53. The summed E-state index contributed by atoms with van der Waals surface area (Å²) in [6.07, 6.45) is -2.07. The number of hydrogen-bond donors (Lipinski definition) is 4. The molecule has 0 radical (unpaired) electrons. The van der Waals surface area contributed by atoms with Gasteiger partial charge in [-0.3, -0.25) is 10.5 Å². The summed E-state index contributed by atoms with van der Waals surface area (Å²) in [6.45, 7) is -0.234. The van der Waals surface area contributed by atoms with Crippen LogP contribution in [-0.2, 0) is 9.53 Å². The number of aliphatic hydroxyl groups is 2. The maximum atomic E-state index is 10.9. The maximum absolute atomic E-state index is 10.9. The summed E-state index contributed by atoms with van der Waals surface area (Å²) in [5.41, 5.74) is 10.7. The predicted octanol–water partition coefficient (Wildman–Crippen LogP) is -2.28. The lowest BCUT2D eigenvalue weighted by Gasteiger charge is -2.35. The fourth-order valence-electron chi connectivity index (χ4n) is 1.56. The minimum Gasteiger partial charge on any atom is -0.446 e. The van der Waals surface area contributed by atoms with Gasteiger partial charge >= 0.3 is 5.97 Å². The second-order valence-corrected chi connectivity index (χ2v) is 3.17. The average molecular weight is 190 g/mol. The molecule has 0 aromatic carbocycles. The Hall–Kier alpha value is -0.690. The molecule has 1 rings (SSSR count). The van der Waals surface area contributed by atoms with E-state index in [9.17, 15) is 4.79 Å². The van der Waals surface area contributed by atoms with Gasteiger partial charge in [0.2, 0.25) is 0 Å². The Morgan fingerprint density at radius 2 is 2.31 bits per heavy atom. The van der Waals surface area contributed by atoms with E-state index in [-0.39, 0.29) is 13.0 Å². The molecule has 0 spiro atoms. The number of esters is 1. The van der Waals surface area contributed by atoms with Gasteiger partial charge in [-0.05, 0) is 0 Å². The van der Waals surface area contributed by atoms with E-state index in [2.05, 4.69) is 4.74 Å². The monoisotopic (exact) mass is 190 g/mol. The molecule has 1 aliphatic rings. The van der Waals surface area contributed by atoms with E-state index >= 15 is 0 Å². The molecule has 1 saturated heterocycles. The van der Waals surface area contributed by atoms with Gasteiger partial charge in [0.25, 0.3) is 0 Å². The Balaban J connectivity index is 2.71. The Labute approximate surface area is 75.5 Å². The van der Waals surface area contributed by atoms with Crippen molar-refractivity contribution in [3.05, 3.63) is 0 Å². The molecule has 4 unspecified atom stereocenters. The van der Waals surface area contributed by atoms with Crippen LogP contribution in [0.5, 0.6) is 0 Å². The van der Waals surface area contributed by atoms with Gasteiger partial charge in [0.05, 0.1) is 12.3 Å². The van der Waals surface area contributed by atoms with E-state index in [0.717, 1.165) is 0 Å². The van der Waals surface area contributed by atoms with Gasteiger partial charge in [-0.15, -0.1) is 0 Å². The first-order valence-electron chi connectivity index (χ1n) is 4.06. The van der Waals surface area contributed by atoms with Gasteiger partial charge < -0.3 is 20.7 Å². The highest BCUT2D eigenvalue weighted by atomic mass is 16.6. The molecular weight excluding hydrogens is 176 g/mol. The number of carbonyl (C=O) groups excluding carboxylic acids is 1. The van der Waals surface area contributed by atoms with Crippen LogP contribution in [0.4, 0.5) is 0 Å². The van der Waals surface area contributed by atoms with Crippen molar-refractivity contribution < 1.29 is 19.7 Å². The number of carbonyl (C=O) groups is 1. The molecule has 0 amide bonds. The maximum Gasteiger partial charge on any atom is 0.307 e. The summed E-state index contributed by atoms with van der Waals surface area (Å²) in [6, 6.07) is 0. The van der Waals surface area contributed by atoms with Crippen molar-refractivity contribution in [1.82, 2.24) is 0 Å². The van der Waals surface area contributed by atoms with Crippen molar-refractivity contribution in [2.45, 2.75) is 18.9 Å². The van der Waals surface area contributed by atoms with Crippen molar-refractivity contribution in [1.29, 1.82) is 0 Å². The minimum atomic E-state index is -1.18. The number of aliphatic hydroxyl groups excluding tert-OH is 2. The topological polar surface area (TPSA) is 119 Å². The molecule has 0 bridgehead atoms. The number of hydrogen-bond acceptors (Lipinski definition) is 6. The third-order valence-electron chi connectivity index (χ3n) is 2.25. The largest absolute Gasteiger partial charge is 0.446 e. The smallest absolute Gasteiger partial charge is 0.307 e. The van der Waals surface area contributed by atoms with Crippen molar-refractivity contribution in [3.63, 3.8) is 0 Å². The number of cyclic esters (lactones) is 1. The number of rotatable bonds is 2. The number of ether oxygens (including phenoxy) is 1. The fraction of sp³-hybridized carbons (Fsp3) is 0.857. The molecule has 6 heteroatoms. The van der Waals surface area contributed by atoms with Crippen LogP contribution < -0.4 is 11.5 Å². The average Bonchev–Trinajstić information content (AvgIpc) is 2.01. The van der Waals surface area contributed by atoms with Crippen molar-refractivity contribution in [2.24, 2.45) is 23.3 Å². The summed E-state index contributed by atoms with van der Waals surface area (Å²) in [7, 11) is 0. The molecule has 0 aromatic heterocycles. The van der Waals surface area contributed by atoms with Crippen LogP contribution >= 0.6 is 0 Å². The van der Waals surface area contributed by atoms with Gasteiger partial charge in [0.15, 0.2) is 6.23 Å².